The van der Waals surface area contributed by atoms with Gasteiger partial charge in [-0.25, -0.2) is 4.98 Å². The van der Waals surface area contributed by atoms with E-state index in [1.807, 2.05) is 19.9 Å². The van der Waals surface area contributed by atoms with Gasteiger partial charge in [0.05, 0.1) is 10.9 Å². The summed E-state index contributed by atoms with van der Waals surface area (Å²) in [5.41, 5.74) is 2.11. The number of halogens is 1. The monoisotopic (exact) mass is 445 g/mol. The number of rotatable bonds is 4. The lowest BCUT2D eigenvalue weighted by Crippen LogP contribution is -2.29. The molecular formula is C24H20ClN5O2. The van der Waals surface area contributed by atoms with Crippen molar-refractivity contribution < 1.29 is 4.79 Å². The third-order valence-electron chi connectivity index (χ3n) is 5.24. The van der Waals surface area contributed by atoms with Crippen LogP contribution in [0.15, 0.2) is 58.4 Å². The molecule has 4 rings (SSSR count). The molecule has 0 bridgehead atoms. The van der Waals surface area contributed by atoms with E-state index >= 15 is 0 Å². The van der Waals surface area contributed by atoms with Crippen molar-refractivity contribution in [1.29, 1.82) is 5.26 Å². The summed E-state index contributed by atoms with van der Waals surface area (Å²) >= 11 is 6.02. The predicted octanol–water partition coefficient (Wildman–Crippen LogP) is 4.02. The van der Waals surface area contributed by atoms with Crippen molar-refractivity contribution in [3.8, 4) is 6.07 Å². The van der Waals surface area contributed by atoms with Crippen molar-refractivity contribution in [3.05, 3.63) is 86.2 Å². The lowest BCUT2D eigenvalue weighted by atomic mass is 10.2. The number of amides is 1. The van der Waals surface area contributed by atoms with Gasteiger partial charge in [-0.05, 0) is 49.2 Å². The van der Waals surface area contributed by atoms with E-state index in [-0.39, 0.29) is 16.6 Å². The predicted molar refractivity (Wildman–Crippen MR) is 123 cm³/mol. The van der Waals surface area contributed by atoms with Crippen molar-refractivity contribution in [2.24, 2.45) is 4.99 Å². The second-order valence-electron chi connectivity index (χ2n) is 7.46. The summed E-state index contributed by atoms with van der Waals surface area (Å²) in [4.78, 5) is 35.1. The van der Waals surface area contributed by atoms with Crippen LogP contribution in [0.3, 0.4) is 0 Å². The summed E-state index contributed by atoms with van der Waals surface area (Å²) < 4.78 is 3.17. The number of nitriles is 1. The normalized spacial score (nSPS) is 11.8. The summed E-state index contributed by atoms with van der Waals surface area (Å²) in [7, 11) is 0. The number of hydrogen-bond acceptors (Lipinski definition) is 4. The SMILES string of the molecule is CCCCn1c(=NC(=O)c2cccc(Cl)c2)c(C#N)cc2c(=O)n3cccc(C)c3nc21. The molecule has 3 aromatic heterocycles. The maximum atomic E-state index is 13.2. The zero-order valence-corrected chi connectivity index (χ0v) is 18.4. The number of nitrogens with zero attached hydrogens (tertiary/aromatic N) is 5. The molecule has 0 unspecified atom stereocenters. The number of pyridine rings is 2. The highest BCUT2D eigenvalue weighted by Crippen LogP contribution is 2.14. The smallest absolute Gasteiger partial charge is 0.279 e. The van der Waals surface area contributed by atoms with E-state index in [2.05, 4.69) is 11.1 Å². The highest BCUT2D eigenvalue weighted by Gasteiger charge is 2.16. The average Bonchev–Trinajstić information content (AvgIpc) is 2.79. The largest absolute Gasteiger partial charge is 0.309 e. The lowest BCUT2D eigenvalue weighted by molar-refractivity contribution is 0.0997. The number of carbonyl (C=O) groups excluding carboxylic acids is 1. The summed E-state index contributed by atoms with van der Waals surface area (Å²) in [5.74, 6) is -0.526. The van der Waals surface area contributed by atoms with Crippen LogP contribution in [0.4, 0.5) is 0 Å². The summed E-state index contributed by atoms with van der Waals surface area (Å²) in [6.07, 6.45) is 3.29. The number of fused-ring (bicyclic) bond motifs is 2. The minimum Gasteiger partial charge on any atom is -0.309 e. The standard InChI is InChI=1S/C24H20ClN5O2/c1-3-4-10-29-21(28-23(31)16-8-5-9-18(25)12-16)17(14-26)13-19-22(29)27-20-15(2)7-6-11-30(20)24(19)32/h5-9,11-13H,3-4,10H2,1-2H3. The maximum Gasteiger partial charge on any atom is 0.279 e. The molecule has 0 spiro atoms. The third-order valence-corrected chi connectivity index (χ3v) is 5.47. The Balaban J connectivity index is 2.11. The second kappa shape index (κ2) is 8.77. The van der Waals surface area contributed by atoms with Gasteiger partial charge in [0.25, 0.3) is 11.5 Å². The van der Waals surface area contributed by atoms with Crippen LogP contribution in [0.2, 0.25) is 5.02 Å². The number of benzene rings is 1. The Morgan fingerprint density at radius 2 is 2.03 bits per heavy atom. The van der Waals surface area contributed by atoms with E-state index in [1.165, 1.54) is 16.5 Å². The summed E-state index contributed by atoms with van der Waals surface area (Å²) in [5, 5.41) is 10.5. The van der Waals surface area contributed by atoms with E-state index in [0.717, 1.165) is 18.4 Å². The van der Waals surface area contributed by atoms with Crippen LogP contribution in [-0.4, -0.2) is 19.9 Å². The van der Waals surface area contributed by atoms with E-state index in [9.17, 15) is 14.9 Å². The molecule has 0 saturated carbocycles. The Morgan fingerprint density at radius 1 is 1.22 bits per heavy atom. The van der Waals surface area contributed by atoms with Gasteiger partial charge in [0.15, 0.2) is 5.49 Å². The minimum atomic E-state index is -0.526. The van der Waals surface area contributed by atoms with Gasteiger partial charge in [-0.2, -0.15) is 10.3 Å². The van der Waals surface area contributed by atoms with Crippen LogP contribution in [0.25, 0.3) is 16.7 Å². The molecule has 4 aromatic rings. The first-order chi connectivity index (χ1) is 15.4. The average molecular weight is 446 g/mol. The molecule has 1 amide bonds. The fraction of sp³-hybridized carbons (Fsp3) is 0.208. The number of hydrogen-bond donors (Lipinski definition) is 0. The Bertz CT molecular complexity index is 1540. The molecule has 0 radical (unpaired) electrons. The molecule has 0 fully saturated rings. The van der Waals surface area contributed by atoms with Crippen LogP contribution in [0.5, 0.6) is 0 Å². The van der Waals surface area contributed by atoms with Gasteiger partial charge in [-0.3, -0.25) is 14.0 Å². The van der Waals surface area contributed by atoms with Gasteiger partial charge in [0.1, 0.15) is 17.4 Å². The van der Waals surface area contributed by atoms with Crippen LogP contribution in [0.1, 0.15) is 41.3 Å². The molecule has 0 aliphatic heterocycles. The van der Waals surface area contributed by atoms with Gasteiger partial charge in [-0.15, -0.1) is 0 Å². The second-order valence-corrected chi connectivity index (χ2v) is 7.90. The molecule has 160 valence electrons. The molecule has 0 atom stereocenters. The maximum absolute atomic E-state index is 13.2. The Labute approximate surface area is 188 Å². The van der Waals surface area contributed by atoms with Crippen LogP contribution < -0.4 is 11.0 Å². The zero-order valence-electron chi connectivity index (χ0n) is 17.7. The van der Waals surface area contributed by atoms with Crippen molar-refractivity contribution >= 4 is 34.2 Å². The van der Waals surface area contributed by atoms with Gasteiger partial charge >= 0.3 is 0 Å². The Kier molecular flexibility index (Phi) is 5.89. The topological polar surface area (TPSA) is 92.5 Å². The van der Waals surface area contributed by atoms with Crippen LogP contribution in [-0.2, 0) is 6.54 Å². The molecular weight excluding hydrogens is 426 g/mol. The molecule has 0 aliphatic carbocycles. The van der Waals surface area contributed by atoms with Crippen molar-refractivity contribution in [3.63, 3.8) is 0 Å². The van der Waals surface area contributed by atoms with E-state index in [1.54, 1.807) is 35.0 Å². The number of aryl methyl sites for hydroxylation is 2. The first kappa shape index (κ1) is 21.5. The molecule has 0 N–H and O–H groups in total. The molecule has 1 aromatic carbocycles. The van der Waals surface area contributed by atoms with Crippen molar-refractivity contribution in [2.45, 2.75) is 33.2 Å². The van der Waals surface area contributed by atoms with Gasteiger partial charge < -0.3 is 4.57 Å². The zero-order chi connectivity index (χ0) is 22.8. The van der Waals surface area contributed by atoms with E-state index in [4.69, 9.17) is 16.6 Å². The van der Waals surface area contributed by atoms with Crippen LogP contribution in [0, 0.1) is 18.3 Å². The first-order valence-corrected chi connectivity index (χ1v) is 10.6. The van der Waals surface area contributed by atoms with Gasteiger partial charge in [0.2, 0.25) is 0 Å². The lowest BCUT2D eigenvalue weighted by Gasteiger charge is -2.14. The highest BCUT2D eigenvalue weighted by molar-refractivity contribution is 6.31. The van der Waals surface area contributed by atoms with Gasteiger partial charge in [-0.1, -0.05) is 37.1 Å². The first-order valence-electron chi connectivity index (χ1n) is 10.2. The summed E-state index contributed by atoms with van der Waals surface area (Å²) in [6, 6.07) is 13.7. The third kappa shape index (κ3) is 3.81. The molecule has 3 heterocycles. The highest BCUT2D eigenvalue weighted by atomic mass is 35.5. The molecule has 8 heteroatoms. The molecule has 32 heavy (non-hydrogen) atoms. The fourth-order valence-electron chi connectivity index (χ4n) is 3.60. The van der Waals surface area contributed by atoms with Gasteiger partial charge in [0, 0.05) is 23.3 Å². The Hall–Kier alpha value is -3.76. The van der Waals surface area contributed by atoms with Crippen molar-refractivity contribution in [2.75, 3.05) is 0 Å². The quantitative estimate of drug-likeness (QED) is 0.443. The molecule has 0 saturated heterocycles. The van der Waals surface area contributed by atoms with E-state index in [0.29, 0.717) is 33.8 Å². The fourth-order valence-corrected chi connectivity index (χ4v) is 3.79. The number of aromatic nitrogens is 3. The van der Waals surface area contributed by atoms with Crippen LogP contribution >= 0.6 is 11.6 Å². The minimum absolute atomic E-state index is 0.135. The molecule has 0 aliphatic rings. The number of carbonyl (C=O) groups is 1. The summed E-state index contributed by atoms with van der Waals surface area (Å²) in [6.45, 7) is 4.37. The molecule has 7 nitrogen and oxygen atoms in total. The Morgan fingerprint density at radius 3 is 2.75 bits per heavy atom. The number of unbranched alkanes of at least 4 members (excludes halogenated alkanes) is 1. The van der Waals surface area contributed by atoms with Crippen molar-refractivity contribution in [1.82, 2.24) is 14.0 Å². The van der Waals surface area contributed by atoms with E-state index < -0.39 is 5.91 Å².